The molecule has 3 heteroatoms. The minimum atomic E-state index is -0.624. The number of nitrogens with zero attached hydrogens (tertiary/aromatic N) is 1. The third-order valence-corrected chi connectivity index (χ3v) is 2.85. The van der Waals surface area contributed by atoms with Gasteiger partial charge in [0.1, 0.15) is 0 Å². The lowest BCUT2D eigenvalue weighted by Crippen LogP contribution is -2.32. The molecule has 1 atom stereocenters. The normalized spacial score (nSPS) is 20.8. The third-order valence-electron chi connectivity index (χ3n) is 2.85. The predicted molar refractivity (Wildman–Crippen MR) is 51.6 cm³/mol. The quantitative estimate of drug-likeness (QED) is 0.720. The molecule has 0 saturated heterocycles. The first-order valence-corrected chi connectivity index (χ1v) is 4.99. The number of hydrogen-bond acceptors (Lipinski definition) is 2. The molecule has 13 heavy (non-hydrogen) atoms. The van der Waals surface area contributed by atoms with E-state index in [4.69, 9.17) is 5.11 Å². The van der Waals surface area contributed by atoms with Crippen LogP contribution in [-0.4, -0.2) is 36.6 Å². The molecule has 0 radical (unpaired) electrons. The fourth-order valence-corrected chi connectivity index (χ4v) is 2.18. The summed E-state index contributed by atoms with van der Waals surface area (Å²) >= 11 is 0. The zero-order valence-electron chi connectivity index (χ0n) is 8.49. The second-order valence-electron chi connectivity index (χ2n) is 4.25. The highest BCUT2D eigenvalue weighted by atomic mass is 16.4. The summed E-state index contributed by atoms with van der Waals surface area (Å²) in [5.74, 6) is -0.363. The van der Waals surface area contributed by atoms with E-state index in [1.165, 1.54) is 12.8 Å². The zero-order valence-corrected chi connectivity index (χ0v) is 8.49. The molecule has 1 saturated carbocycles. The summed E-state index contributed by atoms with van der Waals surface area (Å²) < 4.78 is 0. The first-order chi connectivity index (χ1) is 6.11. The van der Waals surface area contributed by atoms with Crippen LogP contribution in [-0.2, 0) is 4.79 Å². The van der Waals surface area contributed by atoms with Crippen LogP contribution in [0.3, 0.4) is 0 Å². The maximum absolute atomic E-state index is 11.0. The van der Waals surface area contributed by atoms with Crippen molar-refractivity contribution in [1.29, 1.82) is 0 Å². The zero-order chi connectivity index (χ0) is 9.84. The van der Waals surface area contributed by atoms with E-state index < -0.39 is 5.97 Å². The number of carboxylic acids is 1. The van der Waals surface area contributed by atoms with Gasteiger partial charge in [0.25, 0.3) is 0 Å². The molecule has 0 bridgehead atoms. The van der Waals surface area contributed by atoms with Crippen LogP contribution in [0.5, 0.6) is 0 Å². The lowest BCUT2D eigenvalue weighted by Gasteiger charge is -2.22. The molecule has 0 spiro atoms. The van der Waals surface area contributed by atoms with Crippen LogP contribution in [0.25, 0.3) is 0 Å². The lowest BCUT2D eigenvalue weighted by atomic mass is 9.90. The Hall–Kier alpha value is -0.570. The molecule has 0 amide bonds. The van der Waals surface area contributed by atoms with Crippen molar-refractivity contribution in [2.75, 3.05) is 20.6 Å². The molecule has 0 aliphatic heterocycles. The van der Waals surface area contributed by atoms with Gasteiger partial charge in [0, 0.05) is 6.54 Å². The molecular formula is C10H19NO2. The molecule has 0 heterocycles. The number of rotatable bonds is 4. The predicted octanol–water partition coefficient (Wildman–Crippen LogP) is 1.44. The number of carbonyl (C=O) groups is 1. The van der Waals surface area contributed by atoms with Crippen LogP contribution in [0.2, 0.25) is 0 Å². The Bertz CT molecular complexity index is 174. The highest BCUT2D eigenvalue weighted by Gasteiger charge is 2.30. The van der Waals surface area contributed by atoms with Gasteiger partial charge in [0.05, 0.1) is 5.92 Å². The van der Waals surface area contributed by atoms with E-state index in [2.05, 4.69) is 0 Å². The molecule has 1 fully saturated rings. The molecule has 3 nitrogen and oxygen atoms in total. The van der Waals surface area contributed by atoms with Gasteiger partial charge in [-0.25, -0.2) is 0 Å². The highest BCUT2D eigenvalue weighted by Crippen LogP contribution is 2.31. The van der Waals surface area contributed by atoms with Gasteiger partial charge in [0.2, 0.25) is 0 Å². The molecule has 76 valence electrons. The number of hydrogen-bond donors (Lipinski definition) is 1. The topological polar surface area (TPSA) is 40.5 Å². The maximum Gasteiger partial charge on any atom is 0.308 e. The van der Waals surface area contributed by atoms with E-state index in [1.807, 2.05) is 19.0 Å². The van der Waals surface area contributed by atoms with Gasteiger partial charge in [0.15, 0.2) is 0 Å². The summed E-state index contributed by atoms with van der Waals surface area (Å²) in [6.07, 6.45) is 4.62. The minimum absolute atomic E-state index is 0.155. The van der Waals surface area contributed by atoms with E-state index >= 15 is 0 Å². The Kier molecular flexibility index (Phi) is 3.72. The van der Waals surface area contributed by atoms with Crippen molar-refractivity contribution < 1.29 is 9.90 Å². The lowest BCUT2D eigenvalue weighted by molar-refractivity contribution is -0.144. The van der Waals surface area contributed by atoms with Crippen LogP contribution < -0.4 is 0 Å². The summed E-state index contributed by atoms with van der Waals surface area (Å²) in [6, 6.07) is 0. The molecule has 0 aromatic rings. The minimum Gasteiger partial charge on any atom is -0.481 e. The second-order valence-corrected chi connectivity index (χ2v) is 4.25. The Morgan fingerprint density at radius 1 is 1.46 bits per heavy atom. The van der Waals surface area contributed by atoms with E-state index in [1.54, 1.807) is 0 Å². The largest absolute Gasteiger partial charge is 0.481 e. The monoisotopic (exact) mass is 185 g/mol. The SMILES string of the molecule is CN(C)CC(C(=O)O)C1CCCC1. The Morgan fingerprint density at radius 2 is 2.00 bits per heavy atom. The summed E-state index contributed by atoms with van der Waals surface area (Å²) in [7, 11) is 3.87. The first-order valence-electron chi connectivity index (χ1n) is 4.99. The average Bonchev–Trinajstić information content (AvgIpc) is 2.50. The van der Waals surface area contributed by atoms with Gasteiger partial charge in [-0.15, -0.1) is 0 Å². The third kappa shape index (κ3) is 2.99. The average molecular weight is 185 g/mol. The molecule has 1 aliphatic rings. The van der Waals surface area contributed by atoms with Crippen LogP contribution >= 0.6 is 0 Å². The van der Waals surface area contributed by atoms with Gasteiger partial charge < -0.3 is 10.0 Å². The van der Waals surface area contributed by atoms with E-state index in [0.717, 1.165) is 12.8 Å². The van der Waals surface area contributed by atoms with E-state index in [9.17, 15) is 4.79 Å². The first kappa shape index (κ1) is 10.5. The molecule has 1 rings (SSSR count). The molecular weight excluding hydrogens is 166 g/mol. The van der Waals surface area contributed by atoms with Gasteiger partial charge in [-0.2, -0.15) is 0 Å². The second kappa shape index (κ2) is 4.61. The molecule has 1 unspecified atom stereocenters. The Balaban J connectivity index is 2.50. The van der Waals surface area contributed by atoms with Crippen molar-refractivity contribution in [3.63, 3.8) is 0 Å². The van der Waals surface area contributed by atoms with Crippen molar-refractivity contribution in [1.82, 2.24) is 4.90 Å². The fourth-order valence-electron chi connectivity index (χ4n) is 2.18. The summed E-state index contributed by atoms with van der Waals surface area (Å²) in [4.78, 5) is 13.0. The fraction of sp³-hybridized carbons (Fsp3) is 0.900. The van der Waals surface area contributed by atoms with Crippen molar-refractivity contribution >= 4 is 5.97 Å². The number of carboxylic acid groups (broad SMARTS) is 1. The van der Waals surface area contributed by atoms with Crippen LogP contribution in [0.4, 0.5) is 0 Å². The Morgan fingerprint density at radius 3 is 2.38 bits per heavy atom. The Labute approximate surface area is 79.7 Å². The standard InChI is InChI=1S/C10H19NO2/c1-11(2)7-9(10(12)13)8-5-3-4-6-8/h8-9H,3-7H2,1-2H3,(H,12,13). The maximum atomic E-state index is 11.0. The summed E-state index contributed by atoms with van der Waals surface area (Å²) in [5.41, 5.74) is 0. The van der Waals surface area contributed by atoms with E-state index in [0.29, 0.717) is 12.5 Å². The van der Waals surface area contributed by atoms with Crippen molar-refractivity contribution in [3.8, 4) is 0 Å². The highest BCUT2D eigenvalue weighted by molar-refractivity contribution is 5.70. The summed E-state index contributed by atoms with van der Waals surface area (Å²) in [6.45, 7) is 0.681. The molecule has 1 N–H and O–H groups in total. The van der Waals surface area contributed by atoms with Crippen molar-refractivity contribution in [2.45, 2.75) is 25.7 Å². The summed E-state index contributed by atoms with van der Waals surface area (Å²) in [5, 5.41) is 9.06. The van der Waals surface area contributed by atoms with Gasteiger partial charge >= 0.3 is 5.97 Å². The molecule has 1 aliphatic carbocycles. The van der Waals surface area contributed by atoms with Gasteiger partial charge in [-0.05, 0) is 32.9 Å². The smallest absolute Gasteiger partial charge is 0.308 e. The molecule has 0 aromatic heterocycles. The van der Waals surface area contributed by atoms with Crippen molar-refractivity contribution in [3.05, 3.63) is 0 Å². The van der Waals surface area contributed by atoms with Gasteiger partial charge in [-0.1, -0.05) is 12.8 Å². The number of aliphatic carboxylic acids is 1. The van der Waals surface area contributed by atoms with Gasteiger partial charge in [-0.3, -0.25) is 4.79 Å². The van der Waals surface area contributed by atoms with Crippen LogP contribution in [0.15, 0.2) is 0 Å². The van der Waals surface area contributed by atoms with Crippen molar-refractivity contribution in [2.24, 2.45) is 11.8 Å². The van der Waals surface area contributed by atoms with Crippen LogP contribution in [0.1, 0.15) is 25.7 Å². The van der Waals surface area contributed by atoms with Crippen LogP contribution in [0, 0.1) is 11.8 Å². The van der Waals surface area contributed by atoms with E-state index in [-0.39, 0.29) is 5.92 Å². The molecule has 0 aromatic carbocycles.